The van der Waals surface area contributed by atoms with Gasteiger partial charge in [0.25, 0.3) is 0 Å². The molecule has 1 amide bonds. The average Bonchev–Trinajstić information content (AvgIpc) is 2.76. The molecule has 0 aromatic heterocycles. The molecule has 31 heavy (non-hydrogen) atoms. The van der Waals surface area contributed by atoms with Crippen LogP contribution in [0, 0.1) is 0 Å². The Kier molecular flexibility index (Phi) is 7.80. The van der Waals surface area contributed by atoms with E-state index in [4.69, 9.17) is 21.1 Å². The van der Waals surface area contributed by atoms with Crippen molar-refractivity contribution in [1.82, 2.24) is 9.62 Å². The molecule has 2 aromatic carbocycles. The first-order valence-electron chi connectivity index (χ1n) is 10.0. The number of benzene rings is 2. The van der Waals surface area contributed by atoms with Crippen LogP contribution in [0.2, 0.25) is 5.02 Å². The lowest BCUT2D eigenvalue weighted by molar-refractivity contribution is -0.120. The number of amides is 1. The highest BCUT2D eigenvalue weighted by molar-refractivity contribution is 7.89. The highest BCUT2D eigenvalue weighted by Crippen LogP contribution is 2.33. The minimum Gasteiger partial charge on any atom is -0.493 e. The molecule has 0 radical (unpaired) electrons. The summed E-state index contributed by atoms with van der Waals surface area (Å²) in [5, 5.41) is 3.40. The van der Waals surface area contributed by atoms with Crippen LogP contribution in [0.3, 0.4) is 0 Å². The zero-order valence-electron chi connectivity index (χ0n) is 17.7. The Morgan fingerprint density at radius 2 is 1.74 bits per heavy atom. The second kappa shape index (κ2) is 10.3. The third kappa shape index (κ3) is 6.12. The van der Waals surface area contributed by atoms with E-state index in [1.807, 2.05) is 12.1 Å². The number of carbonyl (C=O) groups is 1. The summed E-state index contributed by atoms with van der Waals surface area (Å²) in [6.45, 7) is 1.04. The molecule has 0 bridgehead atoms. The van der Waals surface area contributed by atoms with Crippen molar-refractivity contribution in [2.45, 2.75) is 25.8 Å². The summed E-state index contributed by atoms with van der Waals surface area (Å²) in [5.74, 6) is 1.07. The van der Waals surface area contributed by atoms with Gasteiger partial charge in [-0.2, -0.15) is 4.31 Å². The fourth-order valence-electron chi connectivity index (χ4n) is 3.56. The Hall–Kier alpha value is -2.29. The zero-order chi connectivity index (χ0) is 22.4. The molecule has 0 saturated carbocycles. The minimum atomic E-state index is -3.43. The molecule has 9 heteroatoms. The van der Waals surface area contributed by atoms with Gasteiger partial charge < -0.3 is 14.8 Å². The van der Waals surface area contributed by atoms with Crippen LogP contribution in [-0.4, -0.2) is 51.7 Å². The molecule has 0 spiro atoms. The molecule has 0 atom stereocenters. The standard InChI is InChI=1S/C22H27ClN2O5S/c1-29-20-13-17-8-10-25(15-18(17)14-21(20)30-2)31(27,28)11-3-9-24-22(26)12-16-4-6-19(23)7-5-16/h4-7,13-14H,3,8-12,15H2,1-2H3,(H,24,26). The van der Waals surface area contributed by atoms with Crippen LogP contribution in [0.25, 0.3) is 0 Å². The van der Waals surface area contributed by atoms with Gasteiger partial charge in [-0.15, -0.1) is 0 Å². The van der Waals surface area contributed by atoms with Crippen molar-refractivity contribution in [1.29, 1.82) is 0 Å². The van der Waals surface area contributed by atoms with E-state index in [-0.39, 0.29) is 18.1 Å². The molecule has 0 aliphatic carbocycles. The van der Waals surface area contributed by atoms with Crippen molar-refractivity contribution in [3.8, 4) is 11.5 Å². The normalized spacial score (nSPS) is 14.0. The zero-order valence-corrected chi connectivity index (χ0v) is 19.3. The van der Waals surface area contributed by atoms with Crippen LogP contribution in [0.15, 0.2) is 36.4 Å². The smallest absolute Gasteiger partial charge is 0.224 e. The summed E-state index contributed by atoms with van der Waals surface area (Å²) in [4.78, 5) is 12.0. The largest absolute Gasteiger partial charge is 0.493 e. The topological polar surface area (TPSA) is 84.9 Å². The minimum absolute atomic E-state index is 0.0170. The number of hydrogen-bond donors (Lipinski definition) is 1. The Labute approximate surface area is 188 Å². The highest BCUT2D eigenvalue weighted by Gasteiger charge is 2.27. The molecule has 3 rings (SSSR count). The van der Waals surface area contributed by atoms with E-state index in [0.29, 0.717) is 49.0 Å². The Morgan fingerprint density at radius 3 is 2.39 bits per heavy atom. The quantitative estimate of drug-likeness (QED) is 0.574. The fourth-order valence-corrected chi connectivity index (χ4v) is 5.15. The van der Waals surface area contributed by atoms with Gasteiger partial charge in [-0.05, 0) is 53.8 Å². The van der Waals surface area contributed by atoms with Crippen molar-refractivity contribution in [2.24, 2.45) is 0 Å². The molecule has 1 aliphatic heterocycles. The summed E-state index contributed by atoms with van der Waals surface area (Å²) in [6, 6.07) is 10.8. The van der Waals surface area contributed by atoms with Crippen LogP contribution in [0.4, 0.5) is 0 Å². The number of carbonyl (C=O) groups excluding carboxylic acids is 1. The van der Waals surface area contributed by atoms with Gasteiger partial charge >= 0.3 is 0 Å². The number of nitrogens with one attached hydrogen (secondary N) is 1. The van der Waals surface area contributed by atoms with Crippen molar-refractivity contribution >= 4 is 27.5 Å². The number of ether oxygens (including phenoxy) is 2. The molecule has 2 aromatic rings. The number of sulfonamides is 1. The van der Waals surface area contributed by atoms with Crippen molar-refractivity contribution < 1.29 is 22.7 Å². The van der Waals surface area contributed by atoms with E-state index < -0.39 is 10.0 Å². The summed E-state index contributed by atoms with van der Waals surface area (Å²) >= 11 is 5.84. The van der Waals surface area contributed by atoms with E-state index in [1.54, 1.807) is 38.5 Å². The van der Waals surface area contributed by atoms with Crippen LogP contribution in [0.5, 0.6) is 11.5 Å². The van der Waals surface area contributed by atoms with Gasteiger partial charge in [0.15, 0.2) is 11.5 Å². The maximum Gasteiger partial charge on any atom is 0.224 e. The van der Waals surface area contributed by atoms with Gasteiger partial charge in [-0.25, -0.2) is 8.42 Å². The van der Waals surface area contributed by atoms with Crippen LogP contribution in [0.1, 0.15) is 23.1 Å². The van der Waals surface area contributed by atoms with Gasteiger partial charge in [-0.1, -0.05) is 23.7 Å². The second-order valence-corrected chi connectivity index (χ2v) is 9.91. The summed E-state index contributed by atoms with van der Waals surface area (Å²) in [5.41, 5.74) is 2.84. The van der Waals surface area contributed by atoms with Crippen molar-refractivity contribution in [3.05, 3.63) is 58.1 Å². The monoisotopic (exact) mass is 466 g/mol. The predicted octanol–water partition coefficient (Wildman–Crippen LogP) is 2.79. The van der Waals surface area contributed by atoms with Crippen LogP contribution in [-0.2, 0) is 34.2 Å². The first kappa shape index (κ1) is 23.4. The van der Waals surface area contributed by atoms with Gasteiger partial charge in [0, 0.05) is 24.7 Å². The lowest BCUT2D eigenvalue weighted by Gasteiger charge is -2.29. The number of rotatable bonds is 9. The molecule has 168 valence electrons. The molecular formula is C22H27ClN2O5S. The van der Waals surface area contributed by atoms with Gasteiger partial charge in [0.1, 0.15) is 0 Å². The summed E-state index contributed by atoms with van der Waals surface area (Å²) in [7, 11) is -0.288. The molecule has 0 saturated heterocycles. The number of nitrogens with zero attached hydrogens (tertiary/aromatic N) is 1. The van der Waals surface area contributed by atoms with Crippen LogP contribution >= 0.6 is 11.6 Å². The van der Waals surface area contributed by atoms with E-state index in [0.717, 1.165) is 16.7 Å². The summed E-state index contributed by atoms with van der Waals surface area (Å²) in [6.07, 6.45) is 1.20. The Bertz CT molecular complexity index is 1020. The predicted molar refractivity (Wildman–Crippen MR) is 120 cm³/mol. The van der Waals surface area contributed by atoms with Gasteiger partial charge in [0.2, 0.25) is 15.9 Å². The number of methoxy groups -OCH3 is 2. The maximum absolute atomic E-state index is 12.8. The van der Waals surface area contributed by atoms with Crippen LogP contribution < -0.4 is 14.8 Å². The SMILES string of the molecule is COc1cc2c(cc1OC)CN(S(=O)(=O)CCCNC(=O)Cc1ccc(Cl)cc1)CC2. The molecule has 1 aliphatic rings. The third-order valence-electron chi connectivity index (χ3n) is 5.26. The Balaban J connectivity index is 1.50. The highest BCUT2D eigenvalue weighted by atomic mass is 35.5. The third-order valence-corrected chi connectivity index (χ3v) is 7.41. The first-order valence-corrected chi connectivity index (χ1v) is 12.0. The van der Waals surface area contributed by atoms with Crippen molar-refractivity contribution in [3.63, 3.8) is 0 Å². The maximum atomic E-state index is 12.8. The fraction of sp³-hybridized carbons (Fsp3) is 0.409. The second-order valence-electron chi connectivity index (χ2n) is 7.38. The number of fused-ring (bicyclic) bond motifs is 1. The number of halogens is 1. The molecule has 0 fully saturated rings. The average molecular weight is 467 g/mol. The van der Waals surface area contributed by atoms with E-state index in [1.165, 1.54) is 4.31 Å². The number of hydrogen-bond acceptors (Lipinski definition) is 5. The molecule has 1 heterocycles. The first-order chi connectivity index (χ1) is 14.8. The lowest BCUT2D eigenvalue weighted by Crippen LogP contribution is -2.38. The van der Waals surface area contributed by atoms with E-state index in [9.17, 15) is 13.2 Å². The molecule has 1 N–H and O–H groups in total. The van der Waals surface area contributed by atoms with E-state index in [2.05, 4.69) is 5.32 Å². The lowest BCUT2D eigenvalue weighted by atomic mass is 10.0. The van der Waals surface area contributed by atoms with Crippen molar-refractivity contribution in [2.75, 3.05) is 33.1 Å². The molecule has 7 nitrogen and oxygen atoms in total. The molecule has 0 unspecified atom stereocenters. The van der Waals surface area contributed by atoms with Gasteiger partial charge in [-0.3, -0.25) is 4.79 Å². The molecular weight excluding hydrogens is 440 g/mol. The van der Waals surface area contributed by atoms with E-state index >= 15 is 0 Å². The summed E-state index contributed by atoms with van der Waals surface area (Å²) < 4.78 is 37.7. The van der Waals surface area contributed by atoms with Gasteiger partial charge in [0.05, 0.1) is 26.4 Å². The Morgan fingerprint density at radius 1 is 1.10 bits per heavy atom.